The van der Waals surface area contributed by atoms with Crippen molar-refractivity contribution in [3.8, 4) is 0 Å². The van der Waals surface area contributed by atoms with Crippen LogP contribution >= 0.6 is 0 Å². The SMILES string of the molecule is CCCCC/C=C/CO[C@H]1CO[C@@H]([C@H](O)CO)[C@H]1O. The highest BCUT2D eigenvalue weighted by Crippen LogP contribution is 2.20. The Morgan fingerprint density at radius 1 is 1.37 bits per heavy atom. The molecule has 4 atom stereocenters. The van der Waals surface area contributed by atoms with E-state index in [9.17, 15) is 10.2 Å². The van der Waals surface area contributed by atoms with Gasteiger partial charge in [0, 0.05) is 0 Å². The highest BCUT2D eigenvalue weighted by Gasteiger charge is 2.40. The topological polar surface area (TPSA) is 79.2 Å². The van der Waals surface area contributed by atoms with Gasteiger partial charge in [-0.15, -0.1) is 0 Å². The fraction of sp³-hybridized carbons (Fsp3) is 0.857. The van der Waals surface area contributed by atoms with E-state index in [2.05, 4.69) is 13.0 Å². The Morgan fingerprint density at radius 2 is 2.16 bits per heavy atom. The third kappa shape index (κ3) is 5.58. The molecule has 5 nitrogen and oxygen atoms in total. The number of allylic oxidation sites excluding steroid dienone is 1. The molecule has 0 saturated carbocycles. The lowest BCUT2D eigenvalue weighted by atomic mass is 10.1. The van der Waals surface area contributed by atoms with Gasteiger partial charge in [0.1, 0.15) is 24.4 Å². The molecule has 0 bridgehead atoms. The summed E-state index contributed by atoms with van der Waals surface area (Å²) in [5, 5.41) is 28.1. The first kappa shape index (κ1) is 16.6. The zero-order chi connectivity index (χ0) is 14.1. The van der Waals surface area contributed by atoms with Crippen molar-refractivity contribution in [3.63, 3.8) is 0 Å². The maximum absolute atomic E-state index is 9.88. The van der Waals surface area contributed by atoms with Crippen LogP contribution in [0.2, 0.25) is 0 Å². The smallest absolute Gasteiger partial charge is 0.114 e. The van der Waals surface area contributed by atoms with Gasteiger partial charge in [-0.25, -0.2) is 0 Å². The second-order valence-electron chi connectivity index (χ2n) is 4.88. The maximum atomic E-state index is 9.88. The Morgan fingerprint density at radius 3 is 2.84 bits per heavy atom. The first-order chi connectivity index (χ1) is 9.20. The summed E-state index contributed by atoms with van der Waals surface area (Å²) in [5.41, 5.74) is 0. The maximum Gasteiger partial charge on any atom is 0.114 e. The lowest BCUT2D eigenvalue weighted by Crippen LogP contribution is -2.41. The van der Waals surface area contributed by atoms with Gasteiger partial charge in [0.15, 0.2) is 0 Å². The predicted octanol–water partition coefficient (Wildman–Crippen LogP) is 0.621. The molecular weight excluding hydrogens is 248 g/mol. The Hall–Kier alpha value is -0.460. The van der Waals surface area contributed by atoms with Crippen molar-refractivity contribution in [2.75, 3.05) is 19.8 Å². The third-order valence-corrected chi connectivity index (χ3v) is 3.28. The summed E-state index contributed by atoms with van der Waals surface area (Å²) in [6.45, 7) is 2.42. The number of aliphatic hydroxyl groups excluding tert-OH is 3. The van der Waals surface area contributed by atoms with Gasteiger partial charge in [0.25, 0.3) is 0 Å². The summed E-state index contributed by atoms with van der Waals surface area (Å²) in [6.07, 6.45) is 5.56. The molecule has 0 radical (unpaired) electrons. The van der Waals surface area contributed by atoms with E-state index in [0.717, 1.165) is 6.42 Å². The number of rotatable bonds is 9. The zero-order valence-corrected chi connectivity index (χ0v) is 11.6. The lowest BCUT2D eigenvalue weighted by Gasteiger charge is -2.20. The molecule has 0 aromatic rings. The van der Waals surface area contributed by atoms with Crippen LogP contribution in [0.1, 0.15) is 32.6 Å². The van der Waals surface area contributed by atoms with Crippen LogP contribution in [0, 0.1) is 0 Å². The molecule has 1 heterocycles. The molecule has 0 unspecified atom stereocenters. The van der Waals surface area contributed by atoms with Gasteiger partial charge in [0.05, 0.1) is 19.8 Å². The molecule has 1 fully saturated rings. The first-order valence-corrected chi connectivity index (χ1v) is 7.05. The molecule has 0 aromatic carbocycles. The molecule has 5 heteroatoms. The van der Waals surface area contributed by atoms with E-state index >= 15 is 0 Å². The Labute approximate surface area is 114 Å². The average Bonchev–Trinajstić information content (AvgIpc) is 2.78. The zero-order valence-electron chi connectivity index (χ0n) is 11.6. The second-order valence-corrected chi connectivity index (χ2v) is 4.88. The van der Waals surface area contributed by atoms with E-state index < -0.39 is 31.0 Å². The summed E-state index contributed by atoms with van der Waals surface area (Å²) < 4.78 is 10.7. The van der Waals surface area contributed by atoms with Gasteiger partial charge in [-0.05, 0) is 12.8 Å². The van der Waals surface area contributed by atoms with Gasteiger partial charge in [0.2, 0.25) is 0 Å². The molecule has 3 N–H and O–H groups in total. The first-order valence-electron chi connectivity index (χ1n) is 7.05. The van der Waals surface area contributed by atoms with Crippen LogP contribution in [-0.2, 0) is 9.47 Å². The van der Waals surface area contributed by atoms with E-state index in [1.165, 1.54) is 19.3 Å². The van der Waals surface area contributed by atoms with Crippen molar-refractivity contribution in [1.82, 2.24) is 0 Å². The number of hydrogen-bond donors (Lipinski definition) is 3. The van der Waals surface area contributed by atoms with Crippen molar-refractivity contribution < 1.29 is 24.8 Å². The molecule has 0 amide bonds. The standard InChI is InChI=1S/C14H26O5/c1-2-3-4-5-6-7-8-18-12-10-19-14(13(12)17)11(16)9-15/h6-7,11-17H,2-5,8-10H2,1H3/b7-6+/t11-,12+,13+,14+/m1/s1. The van der Waals surface area contributed by atoms with E-state index in [1.807, 2.05) is 6.08 Å². The molecular formula is C14H26O5. The average molecular weight is 274 g/mol. The lowest BCUT2D eigenvalue weighted by molar-refractivity contribution is -0.0716. The fourth-order valence-corrected chi connectivity index (χ4v) is 2.08. The molecule has 1 saturated heterocycles. The highest BCUT2D eigenvalue weighted by molar-refractivity contribution is 4.90. The number of aliphatic hydroxyl groups is 3. The van der Waals surface area contributed by atoms with E-state index in [1.54, 1.807) is 0 Å². The minimum atomic E-state index is -1.06. The van der Waals surface area contributed by atoms with Crippen LogP contribution in [0.4, 0.5) is 0 Å². The van der Waals surface area contributed by atoms with Gasteiger partial charge in [-0.2, -0.15) is 0 Å². The monoisotopic (exact) mass is 274 g/mol. The van der Waals surface area contributed by atoms with Crippen molar-refractivity contribution in [2.24, 2.45) is 0 Å². The van der Waals surface area contributed by atoms with Crippen LogP contribution in [0.25, 0.3) is 0 Å². The minimum absolute atomic E-state index is 0.243. The molecule has 112 valence electrons. The largest absolute Gasteiger partial charge is 0.394 e. The number of unbranched alkanes of at least 4 members (excludes halogenated alkanes) is 3. The van der Waals surface area contributed by atoms with Crippen LogP contribution < -0.4 is 0 Å². The Balaban J connectivity index is 2.17. The van der Waals surface area contributed by atoms with Crippen LogP contribution in [0.3, 0.4) is 0 Å². The third-order valence-electron chi connectivity index (χ3n) is 3.28. The van der Waals surface area contributed by atoms with Gasteiger partial charge < -0.3 is 24.8 Å². The number of ether oxygens (including phenoxy) is 2. The number of hydrogen-bond acceptors (Lipinski definition) is 5. The summed E-state index contributed by atoms with van der Waals surface area (Å²) >= 11 is 0. The summed E-state index contributed by atoms with van der Waals surface area (Å²) in [7, 11) is 0. The van der Waals surface area contributed by atoms with Crippen LogP contribution in [0.15, 0.2) is 12.2 Å². The van der Waals surface area contributed by atoms with Crippen molar-refractivity contribution in [1.29, 1.82) is 0 Å². The summed E-state index contributed by atoms with van der Waals surface area (Å²) in [6, 6.07) is 0. The molecule has 1 aliphatic rings. The highest BCUT2D eigenvalue weighted by atomic mass is 16.6. The van der Waals surface area contributed by atoms with Crippen molar-refractivity contribution in [3.05, 3.63) is 12.2 Å². The van der Waals surface area contributed by atoms with Gasteiger partial charge in [-0.1, -0.05) is 31.9 Å². The second kappa shape index (κ2) is 9.44. The van der Waals surface area contributed by atoms with E-state index in [-0.39, 0.29) is 6.61 Å². The van der Waals surface area contributed by atoms with Crippen molar-refractivity contribution >= 4 is 0 Å². The van der Waals surface area contributed by atoms with Gasteiger partial charge in [-0.3, -0.25) is 0 Å². The van der Waals surface area contributed by atoms with Gasteiger partial charge >= 0.3 is 0 Å². The molecule has 0 aliphatic carbocycles. The van der Waals surface area contributed by atoms with Crippen LogP contribution in [0.5, 0.6) is 0 Å². The van der Waals surface area contributed by atoms with E-state index in [0.29, 0.717) is 6.61 Å². The summed E-state index contributed by atoms with van der Waals surface area (Å²) in [5.74, 6) is 0. The molecule has 1 rings (SSSR count). The van der Waals surface area contributed by atoms with Crippen LogP contribution in [-0.4, -0.2) is 59.6 Å². The Bertz CT molecular complexity index is 256. The minimum Gasteiger partial charge on any atom is -0.394 e. The van der Waals surface area contributed by atoms with E-state index in [4.69, 9.17) is 14.6 Å². The quantitative estimate of drug-likeness (QED) is 0.424. The normalized spacial score (nSPS) is 29.2. The van der Waals surface area contributed by atoms with Crippen molar-refractivity contribution in [2.45, 2.75) is 57.0 Å². The molecule has 0 spiro atoms. The molecule has 1 aliphatic heterocycles. The molecule has 19 heavy (non-hydrogen) atoms. The Kier molecular flexibility index (Phi) is 8.25. The fourth-order valence-electron chi connectivity index (χ4n) is 2.08. The summed E-state index contributed by atoms with van der Waals surface area (Å²) in [4.78, 5) is 0. The predicted molar refractivity (Wildman–Crippen MR) is 71.9 cm³/mol. The molecule has 0 aromatic heterocycles.